The molecule has 2 aliphatic heterocycles. The van der Waals surface area contributed by atoms with Crippen LogP contribution in [0.5, 0.6) is 5.75 Å². The van der Waals surface area contributed by atoms with Crippen molar-refractivity contribution in [3.05, 3.63) is 59.9 Å². The molecule has 1 aromatic heterocycles. The second kappa shape index (κ2) is 6.71. The largest absolute Gasteiger partial charge is 0.491 e. The molecule has 3 heterocycles. The predicted octanol–water partition coefficient (Wildman–Crippen LogP) is 4.46. The van der Waals surface area contributed by atoms with Gasteiger partial charge in [-0.05, 0) is 43.7 Å². The number of benzene rings is 1. The quantitative estimate of drug-likeness (QED) is 0.813. The summed E-state index contributed by atoms with van der Waals surface area (Å²) in [6.45, 7) is 7.39. The van der Waals surface area contributed by atoms with Gasteiger partial charge in [0.2, 0.25) is 0 Å². The number of hydrogen-bond acceptors (Lipinski definition) is 5. The molecule has 2 aromatic rings. The van der Waals surface area contributed by atoms with Crippen LogP contribution in [0.4, 0.5) is 0 Å². The van der Waals surface area contributed by atoms with Gasteiger partial charge < -0.3 is 9.64 Å². The van der Waals surface area contributed by atoms with Crippen molar-refractivity contribution in [2.24, 2.45) is 4.99 Å². The highest BCUT2D eigenvalue weighted by molar-refractivity contribution is 8.14. The number of aromatic nitrogens is 1. The Bertz CT molecular complexity index is 778. The number of thioether (sulfide) groups is 1. The maximum absolute atomic E-state index is 5.91. The van der Waals surface area contributed by atoms with Crippen molar-refractivity contribution in [1.82, 2.24) is 9.88 Å². The van der Waals surface area contributed by atoms with E-state index in [1.54, 1.807) is 0 Å². The summed E-state index contributed by atoms with van der Waals surface area (Å²) in [6, 6.07) is 14.7. The summed E-state index contributed by atoms with van der Waals surface area (Å²) in [5.41, 5.74) is 2.26. The van der Waals surface area contributed by atoms with E-state index in [1.807, 2.05) is 36.2 Å². The number of hydrogen-bond donors (Lipinski definition) is 0. The number of amidine groups is 1. The summed E-state index contributed by atoms with van der Waals surface area (Å²) in [4.78, 5) is 12.0. The number of fused-ring (bicyclic) bond motifs is 1. The fourth-order valence-corrected chi connectivity index (χ4v) is 4.62. The van der Waals surface area contributed by atoms with Gasteiger partial charge in [-0.3, -0.25) is 9.98 Å². The van der Waals surface area contributed by atoms with Gasteiger partial charge in [0.1, 0.15) is 11.8 Å². The van der Waals surface area contributed by atoms with Gasteiger partial charge in [0.25, 0.3) is 0 Å². The van der Waals surface area contributed by atoms with Gasteiger partial charge in [0.15, 0.2) is 5.17 Å². The first-order valence-corrected chi connectivity index (χ1v) is 9.68. The van der Waals surface area contributed by atoms with E-state index in [2.05, 4.69) is 54.9 Å². The first kappa shape index (κ1) is 16.5. The molecule has 0 saturated carbocycles. The summed E-state index contributed by atoms with van der Waals surface area (Å²) < 4.78 is 5.91. The van der Waals surface area contributed by atoms with Crippen molar-refractivity contribution in [3.8, 4) is 5.75 Å². The Morgan fingerprint density at radius 3 is 2.84 bits per heavy atom. The molecule has 130 valence electrons. The van der Waals surface area contributed by atoms with E-state index in [4.69, 9.17) is 9.73 Å². The lowest BCUT2D eigenvalue weighted by Crippen LogP contribution is -2.28. The minimum absolute atomic E-state index is 0.0329. The highest BCUT2D eigenvalue weighted by Gasteiger charge is 2.43. The number of nitrogens with zero attached hydrogens (tertiary/aromatic N) is 3. The van der Waals surface area contributed by atoms with Crippen molar-refractivity contribution in [3.63, 3.8) is 0 Å². The highest BCUT2D eigenvalue weighted by Crippen LogP contribution is 2.47. The van der Waals surface area contributed by atoms with Crippen molar-refractivity contribution < 1.29 is 4.74 Å². The molecular weight excluding hydrogens is 330 g/mol. The van der Waals surface area contributed by atoms with E-state index >= 15 is 0 Å². The SMILES string of the molecule is CC(C)Oc1cccc([C@H]2[C@@H](c3ccccn3)N=C3S[C@@H](C)CN32)c1. The number of rotatable bonds is 4. The van der Waals surface area contributed by atoms with Crippen LogP contribution < -0.4 is 4.74 Å². The summed E-state index contributed by atoms with van der Waals surface area (Å²) in [5.74, 6) is 0.917. The molecule has 2 aliphatic rings. The third kappa shape index (κ3) is 3.25. The Morgan fingerprint density at radius 2 is 2.08 bits per heavy atom. The molecular formula is C20H23N3OS. The van der Waals surface area contributed by atoms with Gasteiger partial charge in [0.05, 0.1) is 17.8 Å². The zero-order valence-electron chi connectivity index (χ0n) is 14.8. The fourth-order valence-electron chi connectivity index (χ4n) is 3.52. The van der Waals surface area contributed by atoms with Gasteiger partial charge in [-0.15, -0.1) is 0 Å². The van der Waals surface area contributed by atoms with Gasteiger partial charge in [-0.1, -0.05) is 36.9 Å². The van der Waals surface area contributed by atoms with Gasteiger partial charge in [-0.2, -0.15) is 0 Å². The smallest absolute Gasteiger partial charge is 0.160 e. The summed E-state index contributed by atoms with van der Waals surface area (Å²) >= 11 is 1.86. The lowest BCUT2D eigenvalue weighted by molar-refractivity contribution is 0.241. The van der Waals surface area contributed by atoms with Crippen molar-refractivity contribution in [2.45, 2.75) is 44.2 Å². The molecule has 0 bridgehead atoms. The second-order valence-corrected chi connectivity index (χ2v) is 8.28. The first-order chi connectivity index (χ1) is 12.1. The van der Waals surface area contributed by atoms with E-state index in [-0.39, 0.29) is 18.2 Å². The standard InChI is InChI=1S/C20H23N3OS/c1-13(2)24-16-8-6-7-15(11-16)19-18(17-9-4-5-10-21-17)22-20-23(19)12-14(3)25-20/h4-11,13-14,18-19H,12H2,1-3H3/t14-,18+,19-/m0/s1. The second-order valence-electron chi connectivity index (χ2n) is 6.88. The molecule has 0 spiro atoms. The van der Waals surface area contributed by atoms with Crippen LogP contribution in [0.15, 0.2) is 53.7 Å². The van der Waals surface area contributed by atoms with Crippen molar-refractivity contribution in [1.29, 1.82) is 0 Å². The minimum atomic E-state index is 0.0329. The predicted molar refractivity (Wildman–Crippen MR) is 103 cm³/mol. The van der Waals surface area contributed by atoms with E-state index < -0.39 is 0 Å². The van der Waals surface area contributed by atoms with Crippen LogP contribution in [0, 0.1) is 0 Å². The lowest BCUT2D eigenvalue weighted by Gasteiger charge is -2.27. The van der Waals surface area contributed by atoms with Gasteiger partial charge in [0, 0.05) is 18.0 Å². The molecule has 0 amide bonds. The third-order valence-corrected chi connectivity index (χ3v) is 5.55. The van der Waals surface area contributed by atoms with Crippen LogP contribution in [0.1, 0.15) is 44.1 Å². The van der Waals surface area contributed by atoms with Crippen LogP contribution in [0.25, 0.3) is 0 Å². The van der Waals surface area contributed by atoms with Crippen LogP contribution in [-0.4, -0.2) is 33.0 Å². The lowest BCUT2D eigenvalue weighted by atomic mass is 9.96. The number of pyridine rings is 1. The molecule has 0 aliphatic carbocycles. The van der Waals surface area contributed by atoms with Crippen LogP contribution in [0.3, 0.4) is 0 Å². The first-order valence-electron chi connectivity index (χ1n) is 8.80. The maximum Gasteiger partial charge on any atom is 0.160 e. The normalized spacial score (nSPS) is 25.2. The Kier molecular flexibility index (Phi) is 4.42. The van der Waals surface area contributed by atoms with Gasteiger partial charge >= 0.3 is 0 Å². The summed E-state index contributed by atoms with van der Waals surface area (Å²) in [7, 11) is 0. The van der Waals surface area contributed by atoms with Gasteiger partial charge in [-0.25, -0.2) is 0 Å². The van der Waals surface area contributed by atoms with Crippen molar-refractivity contribution in [2.75, 3.05) is 6.54 Å². The molecule has 1 fully saturated rings. The zero-order valence-corrected chi connectivity index (χ0v) is 15.6. The Labute approximate surface area is 153 Å². The Balaban J connectivity index is 1.72. The molecule has 3 atom stereocenters. The molecule has 4 nitrogen and oxygen atoms in total. The van der Waals surface area contributed by atoms with Crippen LogP contribution in [-0.2, 0) is 0 Å². The maximum atomic E-state index is 5.91. The summed E-state index contributed by atoms with van der Waals surface area (Å²) in [5, 5.41) is 1.71. The molecule has 25 heavy (non-hydrogen) atoms. The van der Waals surface area contributed by atoms with Crippen LogP contribution in [0.2, 0.25) is 0 Å². The van der Waals surface area contributed by atoms with Crippen molar-refractivity contribution >= 4 is 16.9 Å². The minimum Gasteiger partial charge on any atom is -0.491 e. The van der Waals surface area contributed by atoms with Crippen LogP contribution >= 0.6 is 11.8 Å². The monoisotopic (exact) mass is 353 g/mol. The fraction of sp³-hybridized carbons (Fsp3) is 0.400. The molecule has 1 aromatic carbocycles. The topological polar surface area (TPSA) is 37.7 Å². The average Bonchev–Trinajstić information content (AvgIpc) is 3.11. The van der Waals surface area contributed by atoms with E-state index in [0.29, 0.717) is 5.25 Å². The Morgan fingerprint density at radius 1 is 1.20 bits per heavy atom. The molecule has 4 rings (SSSR count). The number of aliphatic imine (C=N–C) groups is 1. The molecule has 0 N–H and O–H groups in total. The number of ether oxygens (including phenoxy) is 1. The summed E-state index contributed by atoms with van der Waals surface area (Å²) in [6.07, 6.45) is 2.02. The third-order valence-electron chi connectivity index (χ3n) is 4.45. The molecule has 5 heteroatoms. The zero-order chi connectivity index (χ0) is 17.4. The van der Waals surface area contributed by atoms with E-state index in [9.17, 15) is 0 Å². The molecule has 0 unspecified atom stereocenters. The van der Waals surface area contributed by atoms with E-state index in [1.165, 1.54) is 5.56 Å². The average molecular weight is 353 g/mol. The Hall–Kier alpha value is -2.01. The van der Waals surface area contributed by atoms with E-state index in [0.717, 1.165) is 23.2 Å². The molecule has 0 radical (unpaired) electrons. The molecule has 1 saturated heterocycles. The highest BCUT2D eigenvalue weighted by atomic mass is 32.2.